The van der Waals surface area contributed by atoms with Crippen molar-refractivity contribution in [3.8, 4) is 0 Å². The molecule has 90 valence electrons. The van der Waals surface area contributed by atoms with E-state index < -0.39 is 0 Å². The van der Waals surface area contributed by atoms with Crippen LogP contribution in [0.15, 0.2) is 91.0 Å². The maximum atomic E-state index is 2.89. The van der Waals surface area contributed by atoms with E-state index in [1.54, 1.807) is 0 Å². The van der Waals surface area contributed by atoms with Gasteiger partial charge in [0.1, 0.15) is 0 Å². The van der Waals surface area contributed by atoms with Crippen LogP contribution in [0.5, 0.6) is 0 Å². The van der Waals surface area contributed by atoms with Gasteiger partial charge in [0.15, 0.2) is 0 Å². The SMILES string of the molecule is [Cl-].[Zr+4].[c-]1ccccc1.c1cc[cH-]c1.c1cc[cH-]c1. The molecule has 0 spiro atoms. The summed E-state index contributed by atoms with van der Waals surface area (Å²) < 4.78 is 0. The summed E-state index contributed by atoms with van der Waals surface area (Å²) in [5.41, 5.74) is 0. The van der Waals surface area contributed by atoms with E-state index in [1.807, 2.05) is 91.0 Å². The van der Waals surface area contributed by atoms with Gasteiger partial charge in [-0.1, -0.05) is 0 Å². The van der Waals surface area contributed by atoms with Crippen molar-refractivity contribution in [1.29, 1.82) is 0 Å². The number of hydrogen-bond donors (Lipinski definition) is 0. The number of hydrogen-bond acceptors (Lipinski definition) is 0. The molecule has 0 radical (unpaired) electrons. The molecule has 0 saturated heterocycles. The number of rotatable bonds is 0. The van der Waals surface area contributed by atoms with Crippen LogP contribution in [0.1, 0.15) is 0 Å². The van der Waals surface area contributed by atoms with Crippen LogP contribution in [0, 0.1) is 6.07 Å². The fraction of sp³-hybridized carbons (Fsp3) is 0. The van der Waals surface area contributed by atoms with Crippen molar-refractivity contribution in [3.63, 3.8) is 0 Å². The first-order valence-electron chi connectivity index (χ1n) is 5.24. The Labute approximate surface area is 135 Å². The minimum absolute atomic E-state index is 0. The Morgan fingerprint density at radius 1 is 0.556 bits per heavy atom. The first-order chi connectivity index (χ1) is 8.00. The molecule has 0 atom stereocenters. The van der Waals surface area contributed by atoms with Crippen LogP contribution in [-0.4, -0.2) is 0 Å². The Kier molecular flexibility index (Phi) is 17.4. The molecule has 0 nitrogen and oxygen atoms in total. The largest absolute Gasteiger partial charge is 4.00 e. The fourth-order valence-corrected chi connectivity index (χ4v) is 0.983. The van der Waals surface area contributed by atoms with Gasteiger partial charge in [0, 0.05) is 0 Å². The van der Waals surface area contributed by atoms with E-state index in [0.717, 1.165) is 0 Å². The summed E-state index contributed by atoms with van der Waals surface area (Å²) in [5, 5.41) is 0. The molecule has 0 bridgehead atoms. The third kappa shape index (κ3) is 13.2. The van der Waals surface area contributed by atoms with Gasteiger partial charge in [-0.2, -0.15) is 72.8 Å². The van der Waals surface area contributed by atoms with E-state index in [-0.39, 0.29) is 38.6 Å². The molecule has 0 fully saturated rings. The quantitative estimate of drug-likeness (QED) is 0.544. The zero-order valence-electron chi connectivity index (χ0n) is 10.0. The van der Waals surface area contributed by atoms with Crippen LogP contribution in [0.4, 0.5) is 0 Å². The van der Waals surface area contributed by atoms with Crippen molar-refractivity contribution in [2.75, 3.05) is 0 Å². The number of halogens is 1. The molecule has 0 aliphatic heterocycles. The maximum absolute atomic E-state index is 2.89. The van der Waals surface area contributed by atoms with Gasteiger partial charge in [-0.25, -0.2) is 24.3 Å². The molecule has 2 heteroatoms. The van der Waals surface area contributed by atoms with Gasteiger partial charge in [-0.15, -0.1) is 0 Å². The summed E-state index contributed by atoms with van der Waals surface area (Å²) in [4.78, 5) is 0. The predicted octanol–water partition coefficient (Wildman–Crippen LogP) is 1.30. The molecular weight excluding hydrogens is 319 g/mol. The van der Waals surface area contributed by atoms with Crippen LogP contribution >= 0.6 is 0 Å². The van der Waals surface area contributed by atoms with E-state index in [2.05, 4.69) is 6.07 Å². The van der Waals surface area contributed by atoms with Crippen LogP contribution in [-0.2, 0) is 26.2 Å². The van der Waals surface area contributed by atoms with E-state index in [1.165, 1.54) is 0 Å². The molecule has 0 aliphatic carbocycles. The first kappa shape index (κ1) is 19.4. The van der Waals surface area contributed by atoms with Gasteiger partial charge in [0.25, 0.3) is 0 Å². The Morgan fingerprint density at radius 3 is 1.06 bits per heavy atom. The standard InChI is InChI=1S/C6H5.2C5H5.ClH.Zr/c1-2-4-6-5-3-1;2*1-2-4-5-3-1;;/h1-5H;2*1-5H;1H;/q3*-1;;+4/p-1. The molecule has 0 aromatic heterocycles. The van der Waals surface area contributed by atoms with Crippen molar-refractivity contribution >= 4 is 0 Å². The zero-order valence-corrected chi connectivity index (χ0v) is 13.3. The molecule has 0 aliphatic rings. The Morgan fingerprint density at radius 2 is 0.944 bits per heavy atom. The average molecular weight is 334 g/mol. The van der Waals surface area contributed by atoms with Crippen molar-refractivity contribution < 1.29 is 38.6 Å². The maximum Gasteiger partial charge on any atom is 4.00 e. The van der Waals surface area contributed by atoms with Gasteiger partial charge in [-0.05, 0) is 0 Å². The normalized spacial score (nSPS) is 7.11. The molecule has 3 rings (SSSR count). The van der Waals surface area contributed by atoms with Gasteiger partial charge in [0.2, 0.25) is 0 Å². The minimum atomic E-state index is 0. The van der Waals surface area contributed by atoms with E-state index in [0.29, 0.717) is 0 Å². The van der Waals surface area contributed by atoms with Gasteiger partial charge >= 0.3 is 26.2 Å². The van der Waals surface area contributed by atoms with Crippen LogP contribution in [0.3, 0.4) is 0 Å². The van der Waals surface area contributed by atoms with Gasteiger partial charge in [0.05, 0.1) is 0 Å². The Balaban J connectivity index is 0. The molecule has 3 aromatic carbocycles. The summed E-state index contributed by atoms with van der Waals surface area (Å²) in [5.74, 6) is 0. The Bertz CT molecular complexity index is 302. The second kappa shape index (κ2) is 16.1. The molecular formula is C16H15ClZr. The topological polar surface area (TPSA) is 0 Å². The van der Waals surface area contributed by atoms with E-state index in [9.17, 15) is 0 Å². The van der Waals surface area contributed by atoms with Crippen LogP contribution in [0.25, 0.3) is 0 Å². The van der Waals surface area contributed by atoms with Crippen molar-refractivity contribution in [1.82, 2.24) is 0 Å². The molecule has 0 unspecified atom stereocenters. The monoisotopic (exact) mass is 332 g/mol. The Hall–Kier alpha value is -0.907. The second-order valence-electron chi connectivity index (χ2n) is 3.00. The summed E-state index contributed by atoms with van der Waals surface area (Å²) in [7, 11) is 0. The molecule has 3 aromatic rings. The summed E-state index contributed by atoms with van der Waals surface area (Å²) in [6.45, 7) is 0. The number of benzene rings is 1. The van der Waals surface area contributed by atoms with E-state index >= 15 is 0 Å². The molecule has 0 heterocycles. The van der Waals surface area contributed by atoms with E-state index in [4.69, 9.17) is 0 Å². The zero-order chi connectivity index (χ0) is 11.3. The summed E-state index contributed by atoms with van der Waals surface area (Å²) in [6, 6.07) is 32.5. The van der Waals surface area contributed by atoms with Gasteiger partial charge < -0.3 is 12.4 Å². The summed E-state index contributed by atoms with van der Waals surface area (Å²) in [6.07, 6.45) is 0. The molecule has 0 amide bonds. The fourth-order valence-electron chi connectivity index (χ4n) is 0.983. The third-order valence-corrected chi connectivity index (χ3v) is 1.72. The first-order valence-corrected chi connectivity index (χ1v) is 5.24. The van der Waals surface area contributed by atoms with Crippen molar-refractivity contribution in [2.45, 2.75) is 0 Å². The molecule has 0 N–H and O–H groups in total. The second-order valence-corrected chi connectivity index (χ2v) is 3.00. The molecule has 0 saturated carbocycles. The van der Waals surface area contributed by atoms with Gasteiger partial charge in [-0.3, -0.25) is 0 Å². The smallest absolute Gasteiger partial charge is 1.00 e. The minimum Gasteiger partial charge on any atom is -1.00 e. The predicted molar refractivity (Wildman–Crippen MR) is 69.3 cm³/mol. The third-order valence-electron chi connectivity index (χ3n) is 1.72. The van der Waals surface area contributed by atoms with Crippen LogP contribution < -0.4 is 12.4 Å². The van der Waals surface area contributed by atoms with Crippen molar-refractivity contribution in [3.05, 3.63) is 97.1 Å². The molecule has 18 heavy (non-hydrogen) atoms. The van der Waals surface area contributed by atoms with Crippen LogP contribution in [0.2, 0.25) is 0 Å². The summed E-state index contributed by atoms with van der Waals surface area (Å²) >= 11 is 0. The average Bonchev–Trinajstić information content (AvgIpc) is 3.10. The van der Waals surface area contributed by atoms with Crippen molar-refractivity contribution in [2.24, 2.45) is 0 Å².